The second kappa shape index (κ2) is 5.80. The topological polar surface area (TPSA) is 64.0 Å². The van der Waals surface area contributed by atoms with Crippen LogP contribution >= 0.6 is 0 Å². The van der Waals surface area contributed by atoms with Crippen LogP contribution in [0, 0.1) is 6.92 Å². The zero-order valence-corrected chi connectivity index (χ0v) is 10.7. The van der Waals surface area contributed by atoms with E-state index in [9.17, 15) is 9.59 Å². The first-order valence-corrected chi connectivity index (χ1v) is 6.49. The van der Waals surface area contributed by atoms with Gasteiger partial charge in [-0.15, -0.1) is 0 Å². The maximum Gasteiger partial charge on any atom is 0.267 e. The van der Waals surface area contributed by atoms with E-state index in [0.717, 1.165) is 18.5 Å². The summed E-state index contributed by atoms with van der Waals surface area (Å²) in [6, 6.07) is 3.36. The van der Waals surface area contributed by atoms with Crippen LogP contribution in [0.15, 0.2) is 16.9 Å². The summed E-state index contributed by atoms with van der Waals surface area (Å²) in [5, 5.41) is 7.02. The van der Waals surface area contributed by atoms with Crippen LogP contribution in [0.25, 0.3) is 0 Å². The first kappa shape index (κ1) is 12.8. The summed E-state index contributed by atoms with van der Waals surface area (Å²) in [4.78, 5) is 23.4. The molecule has 0 unspecified atom stereocenters. The zero-order valence-electron chi connectivity index (χ0n) is 10.7. The van der Waals surface area contributed by atoms with Gasteiger partial charge < -0.3 is 5.32 Å². The largest absolute Gasteiger partial charge is 0.352 e. The molecule has 98 valence electrons. The molecule has 1 N–H and O–H groups in total. The lowest BCUT2D eigenvalue weighted by atomic mass is 9.95. The Morgan fingerprint density at radius 1 is 1.39 bits per heavy atom. The van der Waals surface area contributed by atoms with E-state index in [2.05, 4.69) is 10.4 Å². The number of hydrogen-bond donors (Lipinski definition) is 1. The number of carbonyl (C=O) groups excluding carboxylic acids is 1. The molecule has 1 saturated carbocycles. The minimum absolute atomic E-state index is 0.0109. The number of aryl methyl sites for hydroxylation is 1. The smallest absolute Gasteiger partial charge is 0.267 e. The highest BCUT2D eigenvalue weighted by Crippen LogP contribution is 2.17. The molecule has 18 heavy (non-hydrogen) atoms. The first-order valence-electron chi connectivity index (χ1n) is 6.49. The third kappa shape index (κ3) is 3.42. The number of carbonyl (C=O) groups is 1. The van der Waals surface area contributed by atoms with Gasteiger partial charge in [0.05, 0.1) is 5.69 Å². The monoisotopic (exact) mass is 249 g/mol. The first-order chi connectivity index (χ1) is 8.65. The van der Waals surface area contributed by atoms with Gasteiger partial charge in [0.15, 0.2) is 0 Å². The van der Waals surface area contributed by atoms with Crippen LogP contribution in [0.5, 0.6) is 0 Å². The molecule has 1 heterocycles. The van der Waals surface area contributed by atoms with Crippen molar-refractivity contribution in [2.24, 2.45) is 0 Å². The predicted octanol–water partition coefficient (Wildman–Crippen LogP) is 1.00. The van der Waals surface area contributed by atoms with Gasteiger partial charge in [-0.25, -0.2) is 4.68 Å². The molecular formula is C13H19N3O2. The maximum absolute atomic E-state index is 11.8. The number of nitrogens with one attached hydrogen (secondary N) is 1. The van der Waals surface area contributed by atoms with Crippen molar-refractivity contribution < 1.29 is 4.79 Å². The van der Waals surface area contributed by atoms with Crippen LogP contribution in [0.1, 0.15) is 37.8 Å². The van der Waals surface area contributed by atoms with Gasteiger partial charge in [-0.1, -0.05) is 19.3 Å². The van der Waals surface area contributed by atoms with Crippen LogP contribution in [-0.2, 0) is 11.3 Å². The quantitative estimate of drug-likeness (QED) is 0.869. The molecule has 1 aromatic heterocycles. The standard InChI is InChI=1S/C13H19N3O2/c1-10-7-8-13(18)16(15-10)9-12(17)14-11-5-3-2-4-6-11/h7-8,11H,2-6,9H2,1H3,(H,14,17). The molecule has 1 amide bonds. The van der Waals surface area contributed by atoms with Crippen molar-refractivity contribution in [2.75, 3.05) is 0 Å². The number of nitrogens with zero attached hydrogens (tertiary/aromatic N) is 2. The summed E-state index contributed by atoms with van der Waals surface area (Å²) < 4.78 is 1.22. The van der Waals surface area contributed by atoms with E-state index in [1.807, 2.05) is 0 Å². The van der Waals surface area contributed by atoms with Crippen LogP contribution < -0.4 is 10.9 Å². The molecule has 1 aliphatic carbocycles. The van der Waals surface area contributed by atoms with E-state index >= 15 is 0 Å². The molecule has 5 nitrogen and oxygen atoms in total. The Morgan fingerprint density at radius 3 is 2.83 bits per heavy atom. The number of amides is 1. The van der Waals surface area contributed by atoms with Crippen molar-refractivity contribution in [3.63, 3.8) is 0 Å². The molecule has 0 radical (unpaired) electrons. The van der Waals surface area contributed by atoms with Gasteiger partial charge in [-0.05, 0) is 25.8 Å². The minimum Gasteiger partial charge on any atom is -0.352 e. The summed E-state index contributed by atoms with van der Waals surface area (Å²) in [5.41, 5.74) is 0.500. The molecule has 1 fully saturated rings. The summed E-state index contributed by atoms with van der Waals surface area (Å²) >= 11 is 0. The Labute approximate surface area is 106 Å². The summed E-state index contributed by atoms with van der Waals surface area (Å²) in [7, 11) is 0. The normalized spacial score (nSPS) is 16.5. The average Bonchev–Trinajstić information content (AvgIpc) is 2.35. The Kier molecular flexibility index (Phi) is 4.12. The molecule has 1 aliphatic rings. The second-order valence-electron chi connectivity index (χ2n) is 4.87. The summed E-state index contributed by atoms with van der Waals surface area (Å²) in [5.74, 6) is -0.123. The third-order valence-electron chi connectivity index (χ3n) is 3.26. The van der Waals surface area contributed by atoms with Crippen LogP contribution in [0.4, 0.5) is 0 Å². The van der Waals surface area contributed by atoms with E-state index in [1.165, 1.54) is 30.0 Å². The van der Waals surface area contributed by atoms with Crippen molar-refractivity contribution in [3.8, 4) is 0 Å². The summed E-state index contributed by atoms with van der Waals surface area (Å²) in [6.45, 7) is 1.81. The minimum atomic E-state index is -0.237. The Hall–Kier alpha value is -1.65. The van der Waals surface area contributed by atoms with Gasteiger partial charge in [-0.2, -0.15) is 5.10 Å². The van der Waals surface area contributed by atoms with Crippen LogP contribution in [0.3, 0.4) is 0 Å². The Morgan fingerprint density at radius 2 is 2.11 bits per heavy atom. The van der Waals surface area contributed by atoms with Gasteiger partial charge in [0.1, 0.15) is 6.54 Å². The Balaban J connectivity index is 1.94. The average molecular weight is 249 g/mol. The molecular weight excluding hydrogens is 230 g/mol. The fraction of sp³-hybridized carbons (Fsp3) is 0.615. The lowest BCUT2D eigenvalue weighted by Gasteiger charge is -2.22. The lowest BCUT2D eigenvalue weighted by molar-refractivity contribution is -0.122. The molecule has 2 rings (SSSR count). The molecule has 5 heteroatoms. The van der Waals surface area contributed by atoms with Gasteiger partial charge in [-0.3, -0.25) is 9.59 Å². The highest BCUT2D eigenvalue weighted by molar-refractivity contribution is 5.75. The van der Waals surface area contributed by atoms with Gasteiger partial charge in [0, 0.05) is 12.1 Å². The third-order valence-corrected chi connectivity index (χ3v) is 3.26. The molecule has 0 aromatic carbocycles. The fourth-order valence-corrected chi connectivity index (χ4v) is 2.32. The molecule has 0 saturated heterocycles. The van der Waals surface area contributed by atoms with Gasteiger partial charge >= 0.3 is 0 Å². The highest BCUT2D eigenvalue weighted by Gasteiger charge is 2.16. The molecule has 0 aliphatic heterocycles. The van der Waals surface area contributed by atoms with Crippen molar-refractivity contribution in [3.05, 3.63) is 28.2 Å². The van der Waals surface area contributed by atoms with E-state index in [1.54, 1.807) is 13.0 Å². The fourth-order valence-electron chi connectivity index (χ4n) is 2.32. The van der Waals surface area contributed by atoms with Gasteiger partial charge in [0.25, 0.3) is 5.56 Å². The highest BCUT2D eigenvalue weighted by atomic mass is 16.2. The molecule has 0 atom stereocenters. The van der Waals surface area contributed by atoms with Crippen molar-refractivity contribution in [2.45, 2.75) is 51.6 Å². The maximum atomic E-state index is 11.8. The second-order valence-corrected chi connectivity index (χ2v) is 4.87. The van der Waals surface area contributed by atoms with E-state index in [-0.39, 0.29) is 24.1 Å². The van der Waals surface area contributed by atoms with Crippen LogP contribution in [0.2, 0.25) is 0 Å². The van der Waals surface area contributed by atoms with E-state index < -0.39 is 0 Å². The molecule has 1 aromatic rings. The zero-order chi connectivity index (χ0) is 13.0. The van der Waals surface area contributed by atoms with Crippen LogP contribution in [-0.4, -0.2) is 21.7 Å². The number of rotatable bonds is 3. The van der Waals surface area contributed by atoms with Crippen molar-refractivity contribution >= 4 is 5.91 Å². The van der Waals surface area contributed by atoms with E-state index in [0.29, 0.717) is 0 Å². The predicted molar refractivity (Wildman–Crippen MR) is 68.2 cm³/mol. The molecule has 0 spiro atoms. The van der Waals surface area contributed by atoms with E-state index in [4.69, 9.17) is 0 Å². The molecule has 0 bridgehead atoms. The van der Waals surface area contributed by atoms with Crippen molar-refractivity contribution in [1.29, 1.82) is 0 Å². The van der Waals surface area contributed by atoms with Crippen molar-refractivity contribution in [1.82, 2.24) is 15.1 Å². The number of hydrogen-bond acceptors (Lipinski definition) is 3. The lowest BCUT2D eigenvalue weighted by Crippen LogP contribution is -2.40. The number of aromatic nitrogens is 2. The summed E-state index contributed by atoms with van der Waals surface area (Å²) in [6.07, 6.45) is 5.69. The van der Waals surface area contributed by atoms with Gasteiger partial charge in [0.2, 0.25) is 5.91 Å². The Bertz CT molecular complexity index is 475. The SMILES string of the molecule is Cc1ccc(=O)n(CC(=O)NC2CCCCC2)n1.